The highest BCUT2D eigenvalue weighted by atomic mass is 16.3. The molecule has 1 aliphatic rings. The summed E-state index contributed by atoms with van der Waals surface area (Å²) in [5.74, 6) is 2.10. The lowest BCUT2D eigenvalue weighted by molar-refractivity contribution is 0.226. The predicted molar refractivity (Wildman–Crippen MR) is 90.8 cm³/mol. The van der Waals surface area contributed by atoms with Crippen LogP contribution < -0.4 is 0 Å². The Balaban J connectivity index is 1.50. The summed E-state index contributed by atoms with van der Waals surface area (Å²) >= 11 is 0. The summed E-state index contributed by atoms with van der Waals surface area (Å²) < 4.78 is 1.94. The van der Waals surface area contributed by atoms with Crippen molar-refractivity contribution >= 4 is 6.08 Å². The third kappa shape index (κ3) is 3.86. The number of rotatable bonds is 5. The van der Waals surface area contributed by atoms with Gasteiger partial charge < -0.3 is 9.67 Å². The van der Waals surface area contributed by atoms with Crippen molar-refractivity contribution in [3.8, 4) is 0 Å². The molecule has 1 fully saturated rings. The van der Waals surface area contributed by atoms with E-state index in [1.165, 1.54) is 5.56 Å². The van der Waals surface area contributed by atoms with Gasteiger partial charge in [-0.1, -0.05) is 42.5 Å². The Hall–Kier alpha value is -1.98. The minimum Gasteiger partial charge on any atom is -0.388 e. The molecule has 122 valence electrons. The fraction of sp³-hybridized carbons (Fsp3) is 0.444. The number of aliphatic hydroxyl groups is 1. The molecule has 0 bridgehead atoms. The van der Waals surface area contributed by atoms with Crippen LogP contribution in [0.3, 0.4) is 0 Å². The Morgan fingerprint density at radius 3 is 2.57 bits per heavy atom. The quantitative estimate of drug-likeness (QED) is 0.919. The molecule has 0 unspecified atom stereocenters. The molecule has 0 saturated carbocycles. The molecule has 2 heterocycles. The van der Waals surface area contributed by atoms with Crippen molar-refractivity contribution in [2.24, 2.45) is 7.05 Å². The van der Waals surface area contributed by atoms with E-state index < -0.39 is 0 Å². The van der Waals surface area contributed by atoms with Crippen molar-refractivity contribution < 1.29 is 5.11 Å². The molecule has 0 atom stereocenters. The summed E-state index contributed by atoms with van der Waals surface area (Å²) in [6.45, 7) is 3.09. The number of aliphatic hydroxyl groups excluding tert-OH is 1. The second-order valence-corrected chi connectivity index (χ2v) is 6.08. The molecule has 0 aliphatic carbocycles. The number of hydrogen-bond acceptors (Lipinski definition) is 4. The van der Waals surface area contributed by atoms with Gasteiger partial charge in [-0.05, 0) is 31.5 Å². The second kappa shape index (κ2) is 7.53. The molecular formula is C18H24N4O. The molecule has 1 aromatic carbocycles. The smallest absolute Gasteiger partial charge is 0.158 e. The third-order valence-electron chi connectivity index (χ3n) is 4.57. The van der Waals surface area contributed by atoms with E-state index in [0.717, 1.165) is 38.3 Å². The average molecular weight is 312 g/mol. The largest absolute Gasteiger partial charge is 0.388 e. The van der Waals surface area contributed by atoms with Gasteiger partial charge in [0.1, 0.15) is 12.4 Å². The minimum atomic E-state index is -0.0490. The Morgan fingerprint density at radius 2 is 1.91 bits per heavy atom. The zero-order valence-electron chi connectivity index (χ0n) is 13.6. The van der Waals surface area contributed by atoms with Crippen LogP contribution in [0.2, 0.25) is 0 Å². The number of nitrogens with zero attached hydrogens (tertiary/aromatic N) is 4. The number of aromatic nitrogens is 3. The normalized spacial score (nSPS) is 17.1. The molecule has 0 spiro atoms. The number of likely N-dealkylation sites (tertiary alicyclic amines) is 1. The van der Waals surface area contributed by atoms with Gasteiger partial charge in [0.05, 0.1) is 0 Å². The first kappa shape index (κ1) is 15.9. The standard InChI is InChI=1S/C18H24N4O/c1-21-17(14-23)19-20-18(21)16-9-12-22(13-10-16)11-5-8-15-6-3-2-4-7-15/h2-8,16,23H,9-14H2,1H3. The summed E-state index contributed by atoms with van der Waals surface area (Å²) in [5, 5.41) is 17.5. The molecule has 1 N–H and O–H groups in total. The van der Waals surface area contributed by atoms with Gasteiger partial charge >= 0.3 is 0 Å². The van der Waals surface area contributed by atoms with Gasteiger partial charge in [0.15, 0.2) is 5.82 Å². The van der Waals surface area contributed by atoms with Crippen LogP contribution >= 0.6 is 0 Å². The molecule has 23 heavy (non-hydrogen) atoms. The molecule has 0 amide bonds. The average Bonchev–Trinajstić information content (AvgIpc) is 2.97. The van der Waals surface area contributed by atoms with Crippen LogP contribution in [0.1, 0.15) is 36.0 Å². The summed E-state index contributed by atoms with van der Waals surface area (Å²) in [4.78, 5) is 2.47. The number of benzene rings is 1. The predicted octanol–water partition coefficient (Wildman–Crippen LogP) is 2.20. The van der Waals surface area contributed by atoms with Crippen molar-refractivity contribution in [3.05, 3.63) is 53.6 Å². The molecule has 1 saturated heterocycles. The molecule has 0 radical (unpaired) electrons. The molecular weight excluding hydrogens is 288 g/mol. The summed E-state index contributed by atoms with van der Waals surface area (Å²) in [6.07, 6.45) is 6.61. The van der Waals surface area contributed by atoms with Crippen LogP contribution in [0.15, 0.2) is 36.4 Å². The molecule has 2 aromatic rings. The lowest BCUT2D eigenvalue weighted by Crippen LogP contribution is -2.33. The summed E-state index contributed by atoms with van der Waals surface area (Å²) in [6, 6.07) is 10.4. The first-order valence-corrected chi connectivity index (χ1v) is 8.21. The highest BCUT2D eigenvalue weighted by Gasteiger charge is 2.24. The Bertz CT molecular complexity index is 642. The van der Waals surface area contributed by atoms with Crippen LogP contribution in [-0.4, -0.2) is 44.4 Å². The topological polar surface area (TPSA) is 54.2 Å². The first-order valence-electron chi connectivity index (χ1n) is 8.21. The molecule has 3 rings (SSSR count). The van der Waals surface area contributed by atoms with Crippen LogP contribution in [-0.2, 0) is 13.7 Å². The minimum absolute atomic E-state index is 0.0490. The highest BCUT2D eigenvalue weighted by Crippen LogP contribution is 2.26. The fourth-order valence-corrected chi connectivity index (χ4v) is 3.14. The molecule has 1 aromatic heterocycles. The van der Waals surface area contributed by atoms with Crippen molar-refractivity contribution in [3.63, 3.8) is 0 Å². The zero-order chi connectivity index (χ0) is 16.1. The fourth-order valence-electron chi connectivity index (χ4n) is 3.14. The van der Waals surface area contributed by atoms with Crippen LogP contribution in [0, 0.1) is 0 Å². The van der Waals surface area contributed by atoms with E-state index in [0.29, 0.717) is 11.7 Å². The number of hydrogen-bond donors (Lipinski definition) is 1. The van der Waals surface area contributed by atoms with Gasteiger partial charge in [-0.25, -0.2) is 0 Å². The van der Waals surface area contributed by atoms with Crippen molar-refractivity contribution in [1.82, 2.24) is 19.7 Å². The van der Waals surface area contributed by atoms with Crippen LogP contribution in [0.4, 0.5) is 0 Å². The van der Waals surface area contributed by atoms with Gasteiger partial charge in [-0.2, -0.15) is 0 Å². The second-order valence-electron chi connectivity index (χ2n) is 6.08. The van der Waals surface area contributed by atoms with E-state index in [4.69, 9.17) is 0 Å². The number of piperidine rings is 1. The van der Waals surface area contributed by atoms with Crippen LogP contribution in [0.5, 0.6) is 0 Å². The third-order valence-corrected chi connectivity index (χ3v) is 4.57. The van der Waals surface area contributed by atoms with E-state index in [1.54, 1.807) is 0 Å². The first-order chi connectivity index (χ1) is 11.3. The van der Waals surface area contributed by atoms with E-state index in [2.05, 4.69) is 51.5 Å². The highest BCUT2D eigenvalue weighted by molar-refractivity contribution is 5.48. The van der Waals surface area contributed by atoms with E-state index >= 15 is 0 Å². The lowest BCUT2D eigenvalue weighted by atomic mass is 9.96. The lowest BCUT2D eigenvalue weighted by Gasteiger charge is -2.30. The molecule has 5 nitrogen and oxygen atoms in total. The van der Waals surface area contributed by atoms with Gasteiger partial charge in [0, 0.05) is 19.5 Å². The van der Waals surface area contributed by atoms with Crippen molar-refractivity contribution in [2.75, 3.05) is 19.6 Å². The maximum atomic E-state index is 9.22. The van der Waals surface area contributed by atoms with Crippen molar-refractivity contribution in [2.45, 2.75) is 25.4 Å². The summed E-state index contributed by atoms with van der Waals surface area (Å²) in [7, 11) is 1.94. The van der Waals surface area contributed by atoms with Gasteiger partial charge in [0.25, 0.3) is 0 Å². The Kier molecular flexibility index (Phi) is 5.20. The monoisotopic (exact) mass is 312 g/mol. The Morgan fingerprint density at radius 1 is 1.17 bits per heavy atom. The maximum Gasteiger partial charge on any atom is 0.158 e. The van der Waals surface area contributed by atoms with Gasteiger partial charge in [0.2, 0.25) is 0 Å². The molecule has 1 aliphatic heterocycles. The van der Waals surface area contributed by atoms with Crippen molar-refractivity contribution in [1.29, 1.82) is 0 Å². The van der Waals surface area contributed by atoms with E-state index in [1.807, 2.05) is 17.7 Å². The SMILES string of the molecule is Cn1c(CO)nnc1C1CCN(CC=Cc2ccccc2)CC1. The Labute approximate surface area is 137 Å². The maximum absolute atomic E-state index is 9.22. The van der Waals surface area contributed by atoms with Gasteiger partial charge in [-0.15, -0.1) is 10.2 Å². The van der Waals surface area contributed by atoms with Crippen LogP contribution in [0.25, 0.3) is 6.08 Å². The van der Waals surface area contributed by atoms with Gasteiger partial charge in [-0.3, -0.25) is 4.90 Å². The van der Waals surface area contributed by atoms with E-state index in [9.17, 15) is 5.11 Å². The zero-order valence-corrected chi connectivity index (χ0v) is 13.6. The summed E-state index contributed by atoms with van der Waals surface area (Å²) in [5.41, 5.74) is 1.25. The van der Waals surface area contributed by atoms with E-state index in [-0.39, 0.29) is 6.61 Å². The molecule has 5 heteroatoms.